The van der Waals surface area contributed by atoms with Crippen LogP contribution in [0.2, 0.25) is 0 Å². The smallest absolute Gasteiger partial charge is 0.213 e. The zero-order valence-electron chi connectivity index (χ0n) is 19.3. The highest BCUT2D eigenvalue weighted by atomic mass is 127. The van der Waals surface area contributed by atoms with Crippen LogP contribution in [0.25, 0.3) is 0 Å². The molecule has 176 valence electrons. The number of guanidine groups is 1. The van der Waals surface area contributed by atoms with Gasteiger partial charge in [-0.3, -0.25) is 4.99 Å². The molecule has 31 heavy (non-hydrogen) atoms. The number of piperidine rings is 1. The maximum absolute atomic E-state index is 6.14. The molecule has 1 aromatic rings. The van der Waals surface area contributed by atoms with Gasteiger partial charge in [-0.05, 0) is 56.1 Å². The molecule has 1 aliphatic heterocycles. The molecule has 2 heterocycles. The van der Waals surface area contributed by atoms with E-state index in [0.717, 1.165) is 75.2 Å². The van der Waals surface area contributed by atoms with Crippen molar-refractivity contribution >= 4 is 29.9 Å². The van der Waals surface area contributed by atoms with Gasteiger partial charge in [-0.15, -0.1) is 24.0 Å². The van der Waals surface area contributed by atoms with Gasteiger partial charge in [-0.25, -0.2) is 4.98 Å². The monoisotopic (exact) mass is 545 g/mol. The third kappa shape index (κ3) is 9.10. The number of nitrogens with zero attached hydrogens (tertiary/aromatic N) is 3. The van der Waals surface area contributed by atoms with Crippen molar-refractivity contribution in [2.75, 3.05) is 40.4 Å². The quantitative estimate of drug-likeness (QED) is 0.297. The molecule has 2 aliphatic rings. The fraction of sp³-hybridized carbons (Fsp3) is 0.739. The minimum atomic E-state index is 0. The summed E-state index contributed by atoms with van der Waals surface area (Å²) in [5, 5.41) is 7.01. The molecule has 0 atom stereocenters. The van der Waals surface area contributed by atoms with Gasteiger partial charge in [-0.2, -0.15) is 0 Å². The minimum Gasteiger partial charge on any atom is -0.474 e. The number of halogens is 1. The summed E-state index contributed by atoms with van der Waals surface area (Å²) in [6.07, 6.45) is 9.15. The highest BCUT2D eigenvalue weighted by molar-refractivity contribution is 14.0. The number of aromatic nitrogens is 1. The fourth-order valence-electron chi connectivity index (χ4n) is 4.24. The van der Waals surface area contributed by atoms with Crippen LogP contribution in [0.5, 0.6) is 5.88 Å². The van der Waals surface area contributed by atoms with Crippen molar-refractivity contribution in [1.82, 2.24) is 20.5 Å². The Kier molecular flexibility index (Phi) is 11.9. The van der Waals surface area contributed by atoms with Crippen LogP contribution in [-0.2, 0) is 11.3 Å². The molecule has 1 aliphatic carbocycles. The van der Waals surface area contributed by atoms with E-state index in [1.54, 1.807) is 7.11 Å². The van der Waals surface area contributed by atoms with Crippen molar-refractivity contribution < 1.29 is 9.47 Å². The maximum atomic E-state index is 6.14. The molecule has 3 rings (SSSR count). The first-order valence-corrected chi connectivity index (χ1v) is 11.5. The average Bonchev–Trinajstić information content (AvgIpc) is 2.78. The highest BCUT2D eigenvalue weighted by Crippen LogP contribution is 2.26. The first-order chi connectivity index (χ1) is 14.7. The number of aliphatic imine (C=N–C) groups is 1. The van der Waals surface area contributed by atoms with Crippen molar-refractivity contribution in [3.8, 4) is 5.88 Å². The third-order valence-corrected chi connectivity index (χ3v) is 6.27. The van der Waals surface area contributed by atoms with E-state index < -0.39 is 0 Å². The Morgan fingerprint density at radius 1 is 1.19 bits per heavy atom. The van der Waals surface area contributed by atoms with E-state index >= 15 is 0 Å². The summed E-state index contributed by atoms with van der Waals surface area (Å²) in [5.41, 5.74) is 1.15. The minimum absolute atomic E-state index is 0. The number of rotatable bonds is 8. The van der Waals surface area contributed by atoms with Gasteiger partial charge in [0.25, 0.3) is 0 Å². The van der Waals surface area contributed by atoms with Crippen LogP contribution in [0.3, 0.4) is 0 Å². The van der Waals surface area contributed by atoms with E-state index in [0.29, 0.717) is 18.7 Å². The number of ether oxygens (including phenoxy) is 2. The standard InChI is InChI=1S/C23H39N5O2.HI/c1-18-4-6-21(7-5-18)30-22-16-19(8-11-25-22)17-26-23(24-2)27-20-9-12-28(13-10-20)14-15-29-3;/h8,11,16,18,20-21H,4-7,9-10,12-15,17H2,1-3H3,(H2,24,26,27);1H. The summed E-state index contributed by atoms with van der Waals surface area (Å²) < 4.78 is 11.3. The van der Waals surface area contributed by atoms with Gasteiger partial charge < -0.3 is 25.0 Å². The molecule has 0 bridgehead atoms. The second kappa shape index (κ2) is 14.1. The molecular weight excluding hydrogens is 505 g/mol. The number of nitrogens with one attached hydrogen (secondary N) is 2. The summed E-state index contributed by atoms with van der Waals surface area (Å²) in [6.45, 7) is 7.05. The van der Waals surface area contributed by atoms with Crippen LogP contribution in [0.15, 0.2) is 23.3 Å². The van der Waals surface area contributed by atoms with E-state index in [1.807, 2.05) is 25.4 Å². The lowest BCUT2D eigenvalue weighted by Crippen LogP contribution is -2.48. The summed E-state index contributed by atoms with van der Waals surface area (Å²) >= 11 is 0. The molecule has 1 saturated heterocycles. The van der Waals surface area contributed by atoms with Gasteiger partial charge in [0.05, 0.1) is 6.61 Å². The maximum Gasteiger partial charge on any atom is 0.213 e. The average molecular weight is 546 g/mol. The largest absolute Gasteiger partial charge is 0.474 e. The Hall–Kier alpha value is -1.13. The van der Waals surface area contributed by atoms with Crippen molar-refractivity contribution in [3.63, 3.8) is 0 Å². The molecule has 0 unspecified atom stereocenters. The Labute approximate surface area is 204 Å². The van der Waals surface area contributed by atoms with Gasteiger partial charge in [0, 0.05) is 58.6 Å². The van der Waals surface area contributed by atoms with Crippen molar-refractivity contribution in [2.45, 2.75) is 64.1 Å². The molecule has 1 saturated carbocycles. The van der Waals surface area contributed by atoms with E-state index in [2.05, 4.69) is 32.4 Å². The number of methoxy groups -OCH3 is 1. The lowest BCUT2D eigenvalue weighted by molar-refractivity contribution is 0.128. The van der Waals surface area contributed by atoms with E-state index in [9.17, 15) is 0 Å². The molecule has 1 aromatic heterocycles. The van der Waals surface area contributed by atoms with Crippen LogP contribution in [0.4, 0.5) is 0 Å². The van der Waals surface area contributed by atoms with E-state index in [-0.39, 0.29) is 24.0 Å². The molecule has 7 nitrogen and oxygen atoms in total. The van der Waals surface area contributed by atoms with Crippen LogP contribution in [0, 0.1) is 5.92 Å². The normalized spacial score (nSPS) is 23.1. The van der Waals surface area contributed by atoms with Gasteiger partial charge in [0.2, 0.25) is 5.88 Å². The van der Waals surface area contributed by atoms with Crippen LogP contribution < -0.4 is 15.4 Å². The Morgan fingerprint density at radius 3 is 2.61 bits per heavy atom. The highest BCUT2D eigenvalue weighted by Gasteiger charge is 2.21. The first-order valence-electron chi connectivity index (χ1n) is 11.5. The van der Waals surface area contributed by atoms with Crippen LogP contribution in [0.1, 0.15) is 51.0 Å². The second-order valence-corrected chi connectivity index (χ2v) is 8.68. The molecule has 8 heteroatoms. The Balaban J connectivity index is 0.00000341. The summed E-state index contributed by atoms with van der Waals surface area (Å²) in [7, 11) is 3.59. The zero-order chi connectivity index (χ0) is 21.2. The predicted octanol–water partition coefficient (Wildman–Crippen LogP) is 3.43. The predicted molar refractivity (Wildman–Crippen MR) is 136 cm³/mol. The van der Waals surface area contributed by atoms with E-state index in [4.69, 9.17) is 9.47 Å². The molecule has 0 spiro atoms. The van der Waals surface area contributed by atoms with Gasteiger partial charge in [0.1, 0.15) is 6.10 Å². The summed E-state index contributed by atoms with van der Waals surface area (Å²) in [5.74, 6) is 2.41. The summed E-state index contributed by atoms with van der Waals surface area (Å²) in [4.78, 5) is 11.3. The SMILES string of the molecule is CN=C(NCc1ccnc(OC2CCC(C)CC2)c1)NC1CCN(CCOC)CC1.I. The Bertz CT molecular complexity index is 659. The van der Waals surface area contributed by atoms with Crippen molar-refractivity contribution in [3.05, 3.63) is 23.9 Å². The Morgan fingerprint density at radius 2 is 1.94 bits per heavy atom. The lowest BCUT2D eigenvalue weighted by atomic mass is 9.89. The number of hydrogen-bond acceptors (Lipinski definition) is 5. The third-order valence-electron chi connectivity index (χ3n) is 6.27. The second-order valence-electron chi connectivity index (χ2n) is 8.68. The molecule has 0 amide bonds. The molecule has 0 radical (unpaired) electrons. The first kappa shape index (κ1) is 26.1. The number of likely N-dealkylation sites (tertiary alicyclic amines) is 1. The zero-order valence-corrected chi connectivity index (χ0v) is 21.6. The molecule has 2 N–H and O–H groups in total. The molecular formula is C23H40IN5O2. The van der Waals surface area contributed by atoms with Crippen molar-refractivity contribution in [1.29, 1.82) is 0 Å². The van der Waals surface area contributed by atoms with Crippen molar-refractivity contribution in [2.24, 2.45) is 10.9 Å². The van der Waals surface area contributed by atoms with E-state index in [1.165, 1.54) is 12.8 Å². The fourth-order valence-corrected chi connectivity index (χ4v) is 4.24. The van der Waals surface area contributed by atoms with Gasteiger partial charge in [0.15, 0.2) is 5.96 Å². The topological polar surface area (TPSA) is 71.0 Å². The van der Waals surface area contributed by atoms with Gasteiger partial charge in [-0.1, -0.05) is 6.92 Å². The molecule has 0 aromatic carbocycles. The van der Waals surface area contributed by atoms with Crippen LogP contribution in [-0.4, -0.2) is 68.4 Å². The van der Waals surface area contributed by atoms with Crippen LogP contribution >= 0.6 is 24.0 Å². The number of pyridine rings is 1. The van der Waals surface area contributed by atoms with Gasteiger partial charge >= 0.3 is 0 Å². The summed E-state index contributed by atoms with van der Waals surface area (Å²) in [6, 6.07) is 4.54. The molecule has 2 fully saturated rings. The number of hydrogen-bond donors (Lipinski definition) is 2. The lowest BCUT2D eigenvalue weighted by Gasteiger charge is -2.32.